The summed E-state index contributed by atoms with van der Waals surface area (Å²) < 4.78 is 15.8. The van der Waals surface area contributed by atoms with Gasteiger partial charge in [-0.2, -0.15) is 0 Å². The zero-order valence-corrected chi connectivity index (χ0v) is 16.3. The molecule has 1 N–H and O–H groups in total. The van der Waals surface area contributed by atoms with Crippen LogP contribution in [0.4, 0.5) is 5.69 Å². The van der Waals surface area contributed by atoms with Crippen LogP contribution in [0, 0.1) is 0 Å². The third-order valence-corrected chi connectivity index (χ3v) is 4.45. The molecule has 0 aromatic heterocycles. The van der Waals surface area contributed by atoms with Crippen molar-refractivity contribution < 1.29 is 23.8 Å². The van der Waals surface area contributed by atoms with Gasteiger partial charge in [0.1, 0.15) is 11.3 Å². The summed E-state index contributed by atoms with van der Waals surface area (Å²) in [6.45, 7) is 0. The Kier molecular flexibility index (Phi) is 5.60. The number of ether oxygens (including phenoxy) is 3. The van der Waals surface area contributed by atoms with E-state index in [0.717, 1.165) is 0 Å². The number of carbonyl (C=O) groups is 2. The second kappa shape index (κ2) is 8.10. The van der Waals surface area contributed by atoms with Crippen molar-refractivity contribution in [3.05, 3.63) is 53.6 Å². The molecule has 0 saturated carbocycles. The first-order valence-electron chi connectivity index (χ1n) is 8.26. The van der Waals surface area contributed by atoms with Crippen molar-refractivity contribution in [3.8, 4) is 17.2 Å². The molecular weight excluding hydrogens is 380 g/mol. The molecule has 1 aliphatic heterocycles. The predicted molar refractivity (Wildman–Crippen MR) is 109 cm³/mol. The minimum absolute atomic E-state index is 0.00919. The molecule has 0 unspecified atom stereocenters. The molecule has 0 aliphatic carbocycles. The molecule has 1 saturated heterocycles. The van der Waals surface area contributed by atoms with E-state index in [0.29, 0.717) is 28.5 Å². The summed E-state index contributed by atoms with van der Waals surface area (Å²) in [5.41, 5.74) is 0.970. The smallest absolute Gasteiger partial charge is 0.270 e. The van der Waals surface area contributed by atoms with E-state index < -0.39 is 11.8 Å². The normalized spacial score (nSPS) is 15.5. The molecule has 7 nitrogen and oxygen atoms in total. The number of anilines is 1. The van der Waals surface area contributed by atoms with Gasteiger partial charge in [0.15, 0.2) is 16.6 Å². The van der Waals surface area contributed by atoms with Gasteiger partial charge in [0.2, 0.25) is 0 Å². The maximum atomic E-state index is 13.1. The van der Waals surface area contributed by atoms with Crippen molar-refractivity contribution in [3.63, 3.8) is 0 Å². The number of methoxy groups -OCH3 is 3. The SMILES string of the molecule is COc1ccc(N2C(=O)C(=Cc3cccc(OC)c3OC)C(=O)NC2=S)cc1. The molecule has 144 valence electrons. The van der Waals surface area contributed by atoms with E-state index in [1.165, 1.54) is 25.2 Å². The maximum absolute atomic E-state index is 13.1. The lowest BCUT2D eigenvalue weighted by atomic mass is 10.1. The van der Waals surface area contributed by atoms with Gasteiger partial charge in [-0.05, 0) is 48.6 Å². The van der Waals surface area contributed by atoms with Gasteiger partial charge in [0.25, 0.3) is 11.8 Å². The number of nitrogens with one attached hydrogen (secondary N) is 1. The maximum Gasteiger partial charge on any atom is 0.270 e. The average Bonchev–Trinajstić information content (AvgIpc) is 2.71. The number of rotatable bonds is 5. The molecule has 1 aliphatic rings. The fraction of sp³-hybridized carbons (Fsp3) is 0.150. The summed E-state index contributed by atoms with van der Waals surface area (Å²) in [5, 5.41) is 2.56. The lowest BCUT2D eigenvalue weighted by Gasteiger charge is -2.29. The second-order valence-electron chi connectivity index (χ2n) is 5.74. The molecule has 3 rings (SSSR count). The lowest BCUT2D eigenvalue weighted by Crippen LogP contribution is -2.54. The summed E-state index contributed by atoms with van der Waals surface area (Å²) >= 11 is 5.20. The fourth-order valence-corrected chi connectivity index (χ4v) is 3.09. The van der Waals surface area contributed by atoms with Crippen LogP contribution in [0.15, 0.2) is 48.0 Å². The zero-order chi connectivity index (χ0) is 20.3. The first kappa shape index (κ1) is 19.4. The van der Waals surface area contributed by atoms with Crippen LogP contribution in [-0.4, -0.2) is 38.3 Å². The molecule has 1 heterocycles. The quantitative estimate of drug-likeness (QED) is 0.474. The van der Waals surface area contributed by atoms with Crippen LogP contribution >= 0.6 is 12.2 Å². The molecule has 0 radical (unpaired) electrons. The average molecular weight is 398 g/mol. The molecule has 8 heteroatoms. The Hall–Kier alpha value is -3.39. The number of thiocarbonyl (C=S) groups is 1. The largest absolute Gasteiger partial charge is 0.497 e. The number of hydrogen-bond acceptors (Lipinski definition) is 6. The summed E-state index contributed by atoms with van der Waals surface area (Å²) in [6, 6.07) is 12.0. The van der Waals surface area contributed by atoms with E-state index in [4.69, 9.17) is 26.4 Å². The van der Waals surface area contributed by atoms with E-state index in [1.807, 2.05) is 0 Å². The molecule has 2 aromatic carbocycles. The highest BCUT2D eigenvalue weighted by Gasteiger charge is 2.34. The summed E-state index contributed by atoms with van der Waals surface area (Å²) in [6.07, 6.45) is 1.46. The number of amides is 2. The lowest BCUT2D eigenvalue weighted by molar-refractivity contribution is -0.122. The topological polar surface area (TPSA) is 77.1 Å². The van der Waals surface area contributed by atoms with Gasteiger partial charge in [-0.25, -0.2) is 0 Å². The number of benzene rings is 2. The van der Waals surface area contributed by atoms with E-state index in [1.54, 1.807) is 49.6 Å². The van der Waals surface area contributed by atoms with Gasteiger partial charge in [0.05, 0.1) is 27.0 Å². The van der Waals surface area contributed by atoms with Crippen molar-refractivity contribution in [1.29, 1.82) is 0 Å². The number of hydrogen-bond donors (Lipinski definition) is 1. The van der Waals surface area contributed by atoms with E-state index in [2.05, 4.69) is 5.32 Å². The Morgan fingerprint density at radius 3 is 2.29 bits per heavy atom. The first-order chi connectivity index (χ1) is 13.5. The molecule has 2 aromatic rings. The Morgan fingerprint density at radius 2 is 1.68 bits per heavy atom. The summed E-state index contributed by atoms with van der Waals surface area (Å²) in [5.74, 6) is 0.429. The highest BCUT2D eigenvalue weighted by Crippen LogP contribution is 2.33. The fourth-order valence-electron chi connectivity index (χ4n) is 2.80. The minimum atomic E-state index is -0.579. The monoisotopic (exact) mass is 398 g/mol. The van der Waals surface area contributed by atoms with Gasteiger partial charge in [-0.1, -0.05) is 12.1 Å². The van der Waals surface area contributed by atoms with E-state index in [9.17, 15) is 9.59 Å². The van der Waals surface area contributed by atoms with Crippen molar-refractivity contribution in [2.45, 2.75) is 0 Å². The Labute approximate surface area is 167 Å². The molecule has 0 bridgehead atoms. The van der Waals surface area contributed by atoms with Gasteiger partial charge >= 0.3 is 0 Å². The number of nitrogens with zero attached hydrogens (tertiary/aromatic N) is 1. The van der Waals surface area contributed by atoms with Crippen LogP contribution in [0.25, 0.3) is 6.08 Å². The van der Waals surface area contributed by atoms with Crippen LogP contribution in [0.2, 0.25) is 0 Å². The molecular formula is C20H18N2O5S. The first-order valence-corrected chi connectivity index (χ1v) is 8.67. The van der Waals surface area contributed by atoms with Crippen molar-refractivity contribution in [2.24, 2.45) is 0 Å². The molecule has 28 heavy (non-hydrogen) atoms. The molecule has 2 amide bonds. The van der Waals surface area contributed by atoms with Crippen LogP contribution in [0.5, 0.6) is 17.2 Å². The van der Waals surface area contributed by atoms with Crippen molar-refractivity contribution >= 4 is 40.9 Å². The Morgan fingerprint density at radius 1 is 0.964 bits per heavy atom. The van der Waals surface area contributed by atoms with E-state index in [-0.39, 0.29) is 10.7 Å². The van der Waals surface area contributed by atoms with Crippen LogP contribution in [0.1, 0.15) is 5.56 Å². The molecule has 0 spiro atoms. The zero-order valence-electron chi connectivity index (χ0n) is 15.5. The van der Waals surface area contributed by atoms with Crippen LogP contribution < -0.4 is 24.4 Å². The second-order valence-corrected chi connectivity index (χ2v) is 6.13. The Bertz CT molecular complexity index is 969. The Balaban J connectivity index is 2.04. The molecule has 1 fully saturated rings. The molecule has 0 atom stereocenters. The third kappa shape index (κ3) is 3.54. The third-order valence-electron chi connectivity index (χ3n) is 4.17. The van der Waals surface area contributed by atoms with Gasteiger partial charge in [-0.15, -0.1) is 0 Å². The minimum Gasteiger partial charge on any atom is -0.497 e. The summed E-state index contributed by atoms with van der Waals surface area (Å²) in [7, 11) is 4.55. The highest BCUT2D eigenvalue weighted by atomic mass is 32.1. The van der Waals surface area contributed by atoms with Gasteiger partial charge < -0.3 is 14.2 Å². The van der Waals surface area contributed by atoms with Crippen LogP contribution in [0.3, 0.4) is 0 Å². The van der Waals surface area contributed by atoms with Crippen molar-refractivity contribution in [1.82, 2.24) is 5.32 Å². The number of carbonyl (C=O) groups excluding carboxylic acids is 2. The van der Waals surface area contributed by atoms with Gasteiger partial charge in [-0.3, -0.25) is 19.8 Å². The number of para-hydroxylation sites is 1. The van der Waals surface area contributed by atoms with Crippen LogP contribution in [-0.2, 0) is 9.59 Å². The van der Waals surface area contributed by atoms with Gasteiger partial charge in [0, 0.05) is 5.56 Å². The standard InChI is InChI=1S/C20H18N2O5S/c1-25-14-9-7-13(8-10-14)22-19(24)15(18(23)21-20(22)28)11-12-5-4-6-16(26-2)17(12)27-3/h4-11H,1-3H3,(H,21,23,28). The summed E-state index contributed by atoms with van der Waals surface area (Å²) in [4.78, 5) is 26.8. The van der Waals surface area contributed by atoms with Crippen molar-refractivity contribution in [2.75, 3.05) is 26.2 Å². The highest BCUT2D eigenvalue weighted by molar-refractivity contribution is 7.80. The van der Waals surface area contributed by atoms with E-state index >= 15 is 0 Å². The predicted octanol–water partition coefficient (Wildman–Crippen LogP) is 2.54.